The molecule has 0 radical (unpaired) electrons. The van der Waals surface area contributed by atoms with E-state index in [0.717, 1.165) is 0 Å². The number of hydrogen-bond acceptors (Lipinski definition) is 1. The van der Waals surface area contributed by atoms with E-state index >= 15 is 0 Å². The molecule has 0 amide bonds. The van der Waals surface area contributed by atoms with Gasteiger partial charge in [-0.1, -0.05) is 68.2 Å². The Morgan fingerprint density at radius 2 is 1.00 bits per heavy atom. The fourth-order valence-corrected chi connectivity index (χ4v) is 2.13. The van der Waals surface area contributed by atoms with Crippen LogP contribution in [0.15, 0.2) is 0 Å². The van der Waals surface area contributed by atoms with Gasteiger partial charge in [-0.25, -0.2) is 0 Å². The third-order valence-electron chi connectivity index (χ3n) is 3.36. The second kappa shape index (κ2) is 6.78. The van der Waals surface area contributed by atoms with Gasteiger partial charge in [-0.3, -0.25) is 0 Å². The standard InChI is InChI=1S/C16H34O/c1-9-11-13(15(3,4)5)17-14(12-10-2)16(6,7)8/h13-14H,9-12H2,1-8H3. The number of hydrogen-bond donors (Lipinski definition) is 0. The normalized spacial score (nSPS) is 16.9. The molecule has 0 spiro atoms. The molecule has 2 unspecified atom stereocenters. The predicted octanol–water partition coefficient (Wildman–Crippen LogP) is 5.43. The Balaban J connectivity index is 4.68. The Hall–Kier alpha value is -0.0400. The zero-order chi connectivity index (χ0) is 13.7. The average molecular weight is 242 g/mol. The van der Waals surface area contributed by atoms with Crippen molar-refractivity contribution in [2.75, 3.05) is 0 Å². The Bertz CT molecular complexity index is 173. The molecule has 0 rings (SSSR count). The minimum atomic E-state index is 0.243. The van der Waals surface area contributed by atoms with Gasteiger partial charge in [0.15, 0.2) is 0 Å². The summed E-state index contributed by atoms with van der Waals surface area (Å²) in [5, 5.41) is 0. The quantitative estimate of drug-likeness (QED) is 0.603. The van der Waals surface area contributed by atoms with Gasteiger partial charge in [0.05, 0.1) is 12.2 Å². The highest BCUT2D eigenvalue weighted by Crippen LogP contribution is 2.33. The fourth-order valence-electron chi connectivity index (χ4n) is 2.13. The molecule has 0 aliphatic carbocycles. The van der Waals surface area contributed by atoms with Gasteiger partial charge in [0.2, 0.25) is 0 Å². The first-order valence-electron chi connectivity index (χ1n) is 7.28. The monoisotopic (exact) mass is 242 g/mol. The first-order chi connectivity index (χ1) is 7.62. The maximum absolute atomic E-state index is 6.46. The van der Waals surface area contributed by atoms with Crippen LogP contribution in [0.3, 0.4) is 0 Å². The largest absolute Gasteiger partial charge is 0.374 e. The van der Waals surface area contributed by atoms with E-state index in [2.05, 4.69) is 55.4 Å². The summed E-state index contributed by atoms with van der Waals surface area (Å²) in [7, 11) is 0. The summed E-state index contributed by atoms with van der Waals surface area (Å²) < 4.78 is 6.46. The Morgan fingerprint density at radius 3 is 1.18 bits per heavy atom. The number of ether oxygens (including phenoxy) is 1. The highest BCUT2D eigenvalue weighted by atomic mass is 16.5. The van der Waals surface area contributed by atoms with Crippen molar-refractivity contribution in [3.8, 4) is 0 Å². The van der Waals surface area contributed by atoms with Crippen molar-refractivity contribution in [3.63, 3.8) is 0 Å². The van der Waals surface area contributed by atoms with Gasteiger partial charge in [-0.15, -0.1) is 0 Å². The fraction of sp³-hybridized carbons (Fsp3) is 1.00. The number of rotatable bonds is 6. The maximum atomic E-state index is 6.46. The summed E-state index contributed by atoms with van der Waals surface area (Å²) in [5.74, 6) is 0. The molecule has 2 atom stereocenters. The van der Waals surface area contributed by atoms with E-state index in [0.29, 0.717) is 12.2 Å². The van der Waals surface area contributed by atoms with E-state index in [4.69, 9.17) is 4.74 Å². The first kappa shape index (κ1) is 17.0. The Kier molecular flexibility index (Phi) is 6.76. The van der Waals surface area contributed by atoms with Crippen LogP contribution in [-0.4, -0.2) is 12.2 Å². The molecule has 1 nitrogen and oxygen atoms in total. The Labute approximate surface area is 109 Å². The second-order valence-corrected chi connectivity index (χ2v) is 7.42. The van der Waals surface area contributed by atoms with Crippen LogP contribution >= 0.6 is 0 Å². The van der Waals surface area contributed by atoms with E-state index in [-0.39, 0.29) is 10.8 Å². The molecular formula is C16H34O. The molecule has 0 fully saturated rings. The molecule has 0 saturated heterocycles. The third kappa shape index (κ3) is 6.45. The molecule has 0 aliphatic rings. The smallest absolute Gasteiger partial charge is 0.0627 e. The summed E-state index contributed by atoms with van der Waals surface area (Å²) in [5.41, 5.74) is 0.487. The van der Waals surface area contributed by atoms with Gasteiger partial charge >= 0.3 is 0 Å². The third-order valence-corrected chi connectivity index (χ3v) is 3.36. The van der Waals surface area contributed by atoms with Crippen molar-refractivity contribution in [2.24, 2.45) is 10.8 Å². The van der Waals surface area contributed by atoms with Gasteiger partial charge in [0.25, 0.3) is 0 Å². The van der Waals surface area contributed by atoms with Crippen LogP contribution in [0, 0.1) is 10.8 Å². The van der Waals surface area contributed by atoms with E-state index in [9.17, 15) is 0 Å². The lowest BCUT2D eigenvalue weighted by molar-refractivity contribution is -0.112. The minimum Gasteiger partial charge on any atom is -0.374 e. The molecule has 17 heavy (non-hydrogen) atoms. The molecule has 0 bridgehead atoms. The Morgan fingerprint density at radius 1 is 0.706 bits per heavy atom. The average Bonchev–Trinajstić information content (AvgIpc) is 2.12. The SMILES string of the molecule is CCCC(OC(CCC)C(C)(C)C)C(C)(C)C. The minimum absolute atomic E-state index is 0.243. The van der Waals surface area contributed by atoms with Crippen molar-refractivity contribution >= 4 is 0 Å². The molecule has 0 aromatic carbocycles. The summed E-state index contributed by atoms with van der Waals surface area (Å²) in [6.07, 6.45) is 5.49. The van der Waals surface area contributed by atoms with Crippen LogP contribution in [0.25, 0.3) is 0 Å². The van der Waals surface area contributed by atoms with Crippen molar-refractivity contribution in [3.05, 3.63) is 0 Å². The molecule has 104 valence electrons. The molecule has 0 aromatic rings. The van der Waals surface area contributed by atoms with E-state index in [1.54, 1.807) is 0 Å². The van der Waals surface area contributed by atoms with Crippen molar-refractivity contribution in [1.82, 2.24) is 0 Å². The van der Waals surface area contributed by atoms with Crippen LogP contribution in [-0.2, 0) is 4.74 Å². The molecule has 0 heterocycles. The maximum Gasteiger partial charge on any atom is 0.0627 e. The highest BCUT2D eigenvalue weighted by Gasteiger charge is 2.32. The highest BCUT2D eigenvalue weighted by molar-refractivity contribution is 4.80. The molecule has 0 N–H and O–H groups in total. The van der Waals surface area contributed by atoms with Crippen molar-refractivity contribution in [1.29, 1.82) is 0 Å². The van der Waals surface area contributed by atoms with Gasteiger partial charge in [0, 0.05) is 0 Å². The van der Waals surface area contributed by atoms with Crippen LogP contribution in [0.2, 0.25) is 0 Å². The zero-order valence-electron chi connectivity index (χ0n) is 13.4. The van der Waals surface area contributed by atoms with E-state index in [1.807, 2.05) is 0 Å². The topological polar surface area (TPSA) is 9.23 Å². The summed E-state index contributed by atoms with van der Waals surface area (Å²) in [6.45, 7) is 18.2. The molecule has 1 heteroatoms. The van der Waals surface area contributed by atoms with E-state index in [1.165, 1.54) is 25.7 Å². The summed E-state index contributed by atoms with van der Waals surface area (Å²) in [6, 6.07) is 0. The molecule has 0 aliphatic heterocycles. The molecule has 0 aromatic heterocycles. The lowest BCUT2D eigenvalue weighted by atomic mass is 9.83. The van der Waals surface area contributed by atoms with Crippen LogP contribution in [0.5, 0.6) is 0 Å². The lowest BCUT2D eigenvalue weighted by Gasteiger charge is -2.39. The van der Waals surface area contributed by atoms with Gasteiger partial charge in [0.1, 0.15) is 0 Å². The van der Waals surface area contributed by atoms with E-state index < -0.39 is 0 Å². The van der Waals surface area contributed by atoms with Gasteiger partial charge in [-0.05, 0) is 23.7 Å². The summed E-state index contributed by atoms with van der Waals surface area (Å²) in [4.78, 5) is 0. The summed E-state index contributed by atoms with van der Waals surface area (Å²) >= 11 is 0. The van der Waals surface area contributed by atoms with Crippen molar-refractivity contribution in [2.45, 2.75) is 93.3 Å². The zero-order valence-corrected chi connectivity index (χ0v) is 13.4. The van der Waals surface area contributed by atoms with Crippen LogP contribution in [0.4, 0.5) is 0 Å². The predicted molar refractivity (Wildman–Crippen MR) is 77.4 cm³/mol. The van der Waals surface area contributed by atoms with Crippen molar-refractivity contribution < 1.29 is 4.74 Å². The van der Waals surface area contributed by atoms with Crippen LogP contribution in [0.1, 0.15) is 81.1 Å². The second-order valence-electron chi connectivity index (χ2n) is 7.42. The first-order valence-corrected chi connectivity index (χ1v) is 7.28. The molecule has 0 saturated carbocycles. The van der Waals surface area contributed by atoms with Crippen LogP contribution < -0.4 is 0 Å². The lowest BCUT2D eigenvalue weighted by Crippen LogP contribution is -2.38. The van der Waals surface area contributed by atoms with Gasteiger partial charge in [-0.2, -0.15) is 0 Å². The molecular weight excluding hydrogens is 208 g/mol. The van der Waals surface area contributed by atoms with Gasteiger partial charge < -0.3 is 4.74 Å².